The van der Waals surface area contributed by atoms with Gasteiger partial charge in [-0.2, -0.15) is 0 Å². The van der Waals surface area contributed by atoms with Gasteiger partial charge in [-0.25, -0.2) is 0 Å². The van der Waals surface area contributed by atoms with Gasteiger partial charge in [0, 0.05) is 5.56 Å². The van der Waals surface area contributed by atoms with Gasteiger partial charge in [-0.15, -0.1) is 0 Å². The molecule has 1 atom stereocenters. The molecule has 0 saturated heterocycles. The average molecular weight is 245 g/mol. The molecule has 2 nitrogen and oxygen atoms in total. The highest BCUT2D eigenvalue weighted by molar-refractivity contribution is 5.99. The van der Waals surface area contributed by atoms with Crippen LogP contribution in [0, 0.1) is 0 Å². The first-order valence-corrected chi connectivity index (χ1v) is 7.04. The topological polar surface area (TPSA) is 29.1 Å². The summed E-state index contributed by atoms with van der Waals surface area (Å²) in [5.41, 5.74) is 2.22. The van der Waals surface area contributed by atoms with E-state index in [1.807, 2.05) is 26.1 Å². The number of hydrogen-bond acceptors (Lipinski definition) is 2. The molecule has 2 heteroatoms. The molecule has 0 radical (unpaired) electrons. The van der Waals surface area contributed by atoms with Crippen molar-refractivity contribution in [3.63, 3.8) is 0 Å². The van der Waals surface area contributed by atoms with E-state index < -0.39 is 0 Å². The van der Waals surface area contributed by atoms with Crippen molar-refractivity contribution in [1.29, 1.82) is 0 Å². The van der Waals surface area contributed by atoms with E-state index in [2.05, 4.69) is 17.4 Å². The van der Waals surface area contributed by atoms with Crippen molar-refractivity contribution in [1.82, 2.24) is 5.32 Å². The molecule has 1 unspecified atom stereocenters. The Labute approximate surface area is 110 Å². The van der Waals surface area contributed by atoms with Crippen molar-refractivity contribution in [3.05, 3.63) is 35.4 Å². The maximum absolute atomic E-state index is 12.0. The van der Waals surface area contributed by atoms with Gasteiger partial charge in [0.1, 0.15) is 0 Å². The summed E-state index contributed by atoms with van der Waals surface area (Å²) >= 11 is 0. The van der Waals surface area contributed by atoms with Crippen molar-refractivity contribution >= 4 is 5.78 Å². The molecule has 0 amide bonds. The van der Waals surface area contributed by atoms with Crippen LogP contribution in [-0.2, 0) is 0 Å². The van der Waals surface area contributed by atoms with Gasteiger partial charge in [-0.05, 0) is 38.3 Å². The third-order valence-electron chi connectivity index (χ3n) is 4.10. The molecular weight excluding hydrogens is 222 g/mol. The van der Waals surface area contributed by atoms with Gasteiger partial charge in [0.15, 0.2) is 5.78 Å². The van der Waals surface area contributed by atoms with Gasteiger partial charge in [-0.1, -0.05) is 43.5 Å². The third kappa shape index (κ3) is 2.99. The summed E-state index contributed by atoms with van der Waals surface area (Å²) in [6.07, 6.45) is 6.69. The average Bonchev–Trinajstić information content (AvgIpc) is 2.47. The quantitative estimate of drug-likeness (QED) is 0.822. The van der Waals surface area contributed by atoms with Crippen LogP contribution in [0.2, 0.25) is 0 Å². The SMILES string of the molecule is CNC(C)C(=O)c1ccc(C2CCCCC2)cc1. The van der Waals surface area contributed by atoms with Crippen molar-refractivity contribution < 1.29 is 4.79 Å². The van der Waals surface area contributed by atoms with Crippen LogP contribution in [0.3, 0.4) is 0 Å². The molecule has 1 aliphatic rings. The zero-order valence-electron chi connectivity index (χ0n) is 11.4. The van der Waals surface area contributed by atoms with Crippen molar-refractivity contribution in [2.24, 2.45) is 0 Å². The van der Waals surface area contributed by atoms with Crippen LogP contribution in [-0.4, -0.2) is 18.9 Å². The molecular formula is C16H23NO. The molecule has 0 bridgehead atoms. The summed E-state index contributed by atoms with van der Waals surface area (Å²) in [6.45, 7) is 1.90. The van der Waals surface area contributed by atoms with E-state index in [1.54, 1.807) is 0 Å². The largest absolute Gasteiger partial charge is 0.310 e. The molecule has 1 fully saturated rings. The number of carbonyl (C=O) groups excluding carboxylic acids is 1. The molecule has 1 aromatic carbocycles. The maximum atomic E-state index is 12.0. The molecule has 1 aliphatic carbocycles. The van der Waals surface area contributed by atoms with E-state index in [9.17, 15) is 4.79 Å². The minimum absolute atomic E-state index is 0.106. The van der Waals surface area contributed by atoms with Crippen LogP contribution < -0.4 is 5.32 Å². The number of nitrogens with one attached hydrogen (secondary N) is 1. The van der Waals surface area contributed by atoms with Crippen LogP contribution in [0.4, 0.5) is 0 Å². The first-order chi connectivity index (χ1) is 8.72. The normalized spacial score (nSPS) is 18.6. The number of benzene rings is 1. The Kier molecular flexibility index (Phi) is 4.54. The smallest absolute Gasteiger partial charge is 0.179 e. The predicted molar refractivity (Wildman–Crippen MR) is 75.1 cm³/mol. The second-order valence-electron chi connectivity index (χ2n) is 5.33. The summed E-state index contributed by atoms with van der Waals surface area (Å²) in [7, 11) is 1.82. The molecule has 18 heavy (non-hydrogen) atoms. The highest BCUT2D eigenvalue weighted by Gasteiger charge is 2.17. The van der Waals surface area contributed by atoms with E-state index in [1.165, 1.54) is 37.7 Å². The Hall–Kier alpha value is -1.15. The standard InChI is InChI=1S/C16H23NO/c1-12(17-2)16(18)15-10-8-14(9-11-15)13-6-4-3-5-7-13/h8-13,17H,3-7H2,1-2H3. The molecule has 1 saturated carbocycles. The van der Waals surface area contributed by atoms with E-state index in [-0.39, 0.29) is 11.8 Å². The number of carbonyl (C=O) groups is 1. The molecule has 0 aliphatic heterocycles. The van der Waals surface area contributed by atoms with Gasteiger partial charge < -0.3 is 5.32 Å². The predicted octanol–water partition coefficient (Wildman–Crippen LogP) is 3.52. The minimum Gasteiger partial charge on any atom is -0.310 e. The Morgan fingerprint density at radius 2 is 1.78 bits per heavy atom. The van der Waals surface area contributed by atoms with Crippen LogP contribution in [0.15, 0.2) is 24.3 Å². The highest BCUT2D eigenvalue weighted by atomic mass is 16.1. The lowest BCUT2D eigenvalue weighted by Crippen LogP contribution is -2.30. The Morgan fingerprint density at radius 1 is 1.17 bits per heavy atom. The van der Waals surface area contributed by atoms with Gasteiger partial charge in [0.05, 0.1) is 6.04 Å². The van der Waals surface area contributed by atoms with Gasteiger partial charge in [-0.3, -0.25) is 4.79 Å². The lowest BCUT2D eigenvalue weighted by Gasteiger charge is -2.22. The van der Waals surface area contributed by atoms with E-state index in [4.69, 9.17) is 0 Å². The van der Waals surface area contributed by atoms with Crippen molar-refractivity contribution in [2.45, 2.75) is 51.0 Å². The monoisotopic (exact) mass is 245 g/mol. The number of hydrogen-bond donors (Lipinski definition) is 1. The highest BCUT2D eigenvalue weighted by Crippen LogP contribution is 2.32. The minimum atomic E-state index is -0.106. The lowest BCUT2D eigenvalue weighted by atomic mass is 9.84. The zero-order chi connectivity index (χ0) is 13.0. The summed E-state index contributed by atoms with van der Waals surface area (Å²) in [4.78, 5) is 12.0. The fourth-order valence-corrected chi connectivity index (χ4v) is 2.74. The van der Waals surface area contributed by atoms with Crippen molar-refractivity contribution in [2.75, 3.05) is 7.05 Å². The van der Waals surface area contributed by atoms with Crippen molar-refractivity contribution in [3.8, 4) is 0 Å². The number of ketones is 1. The second kappa shape index (κ2) is 6.14. The molecule has 2 rings (SSSR count). The van der Waals surface area contributed by atoms with E-state index in [0.29, 0.717) is 5.92 Å². The first kappa shape index (κ1) is 13.3. The van der Waals surface area contributed by atoms with Crippen LogP contribution in [0.1, 0.15) is 60.9 Å². The summed E-state index contributed by atoms with van der Waals surface area (Å²) < 4.78 is 0. The summed E-state index contributed by atoms with van der Waals surface area (Å²) in [6, 6.07) is 8.16. The molecule has 0 spiro atoms. The van der Waals surface area contributed by atoms with Crippen LogP contribution in [0.5, 0.6) is 0 Å². The Morgan fingerprint density at radius 3 is 2.33 bits per heavy atom. The fraction of sp³-hybridized carbons (Fsp3) is 0.562. The lowest BCUT2D eigenvalue weighted by molar-refractivity contribution is 0.0955. The van der Waals surface area contributed by atoms with Gasteiger partial charge in [0.2, 0.25) is 0 Å². The van der Waals surface area contributed by atoms with E-state index in [0.717, 1.165) is 5.56 Å². The molecule has 1 aromatic rings. The molecule has 0 heterocycles. The third-order valence-corrected chi connectivity index (χ3v) is 4.10. The molecule has 98 valence electrons. The number of Topliss-reactive ketones (excluding diaryl/α,β-unsaturated/α-hetero) is 1. The molecule has 0 aromatic heterocycles. The van der Waals surface area contributed by atoms with Gasteiger partial charge >= 0.3 is 0 Å². The summed E-state index contributed by atoms with van der Waals surface area (Å²) in [5.74, 6) is 0.886. The van der Waals surface area contributed by atoms with Gasteiger partial charge in [0.25, 0.3) is 0 Å². The second-order valence-corrected chi connectivity index (χ2v) is 5.33. The Balaban J connectivity index is 2.07. The fourth-order valence-electron chi connectivity index (χ4n) is 2.74. The molecule has 1 N–H and O–H groups in total. The summed E-state index contributed by atoms with van der Waals surface area (Å²) in [5, 5.41) is 2.99. The maximum Gasteiger partial charge on any atom is 0.179 e. The van der Waals surface area contributed by atoms with Crippen LogP contribution in [0.25, 0.3) is 0 Å². The zero-order valence-corrected chi connectivity index (χ0v) is 11.4. The van der Waals surface area contributed by atoms with Crippen LogP contribution >= 0.6 is 0 Å². The van der Waals surface area contributed by atoms with E-state index >= 15 is 0 Å². The first-order valence-electron chi connectivity index (χ1n) is 7.04. The Bertz CT molecular complexity index is 390. The number of likely N-dealkylation sites (N-methyl/N-ethyl adjacent to an activating group) is 1. The number of rotatable bonds is 4.